The van der Waals surface area contributed by atoms with Gasteiger partial charge in [-0.25, -0.2) is 0 Å². The topological polar surface area (TPSA) is 30.5 Å². The minimum absolute atomic E-state index is 0.327. The van der Waals surface area contributed by atoms with Crippen LogP contribution in [0.4, 0.5) is 5.69 Å². The number of ether oxygens (including phenoxy) is 2. The van der Waals surface area contributed by atoms with Crippen LogP contribution in [0.25, 0.3) is 0 Å². The zero-order chi connectivity index (χ0) is 13.9. The third-order valence-corrected chi connectivity index (χ3v) is 3.66. The second-order valence-electron chi connectivity index (χ2n) is 4.93. The van der Waals surface area contributed by atoms with E-state index in [2.05, 4.69) is 29.6 Å². The molecule has 1 atom stereocenters. The van der Waals surface area contributed by atoms with Crippen molar-refractivity contribution in [3.63, 3.8) is 0 Å². The number of rotatable bonds is 4. The third kappa shape index (κ3) is 2.44. The van der Waals surface area contributed by atoms with Crippen molar-refractivity contribution in [3.05, 3.63) is 53.6 Å². The van der Waals surface area contributed by atoms with Crippen LogP contribution >= 0.6 is 0 Å². The number of fused-ring (bicyclic) bond motifs is 1. The van der Waals surface area contributed by atoms with Gasteiger partial charge in [0.15, 0.2) is 0 Å². The van der Waals surface area contributed by atoms with E-state index in [9.17, 15) is 0 Å². The molecule has 0 radical (unpaired) electrons. The zero-order valence-corrected chi connectivity index (χ0v) is 11.8. The molecule has 1 N–H and O–H groups in total. The predicted molar refractivity (Wildman–Crippen MR) is 80.7 cm³/mol. The number of methoxy groups -OCH3 is 1. The highest BCUT2D eigenvalue weighted by atomic mass is 16.5. The zero-order valence-electron chi connectivity index (χ0n) is 11.8. The lowest BCUT2D eigenvalue weighted by Crippen LogP contribution is -2.05. The molecule has 0 aliphatic carbocycles. The van der Waals surface area contributed by atoms with Gasteiger partial charge in [0, 0.05) is 5.69 Å². The Morgan fingerprint density at radius 2 is 1.85 bits per heavy atom. The van der Waals surface area contributed by atoms with Gasteiger partial charge < -0.3 is 14.8 Å². The Bertz CT molecular complexity index is 592. The lowest BCUT2D eigenvalue weighted by Gasteiger charge is -2.12. The van der Waals surface area contributed by atoms with E-state index in [4.69, 9.17) is 9.47 Å². The first-order valence-electron chi connectivity index (χ1n) is 6.96. The van der Waals surface area contributed by atoms with Crippen molar-refractivity contribution in [3.8, 4) is 11.5 Å². The molecule has 0 spiro atoms. The van der Waals surface area contributed by atoms with E-state index in [1.54, 1.807) is 7.11 Å². The SMILES string of the molecule is CCOc1ccc(C2Cc3cc(OC)ccc3N2)cc1. The number of hydrogen-bond donors (Lipinski definition) is 1. The molecule has 0 bridgehead atoms. The molecule has 1 unspecified atom stereocenters. The Labute approximate surface area is 119 Å². The lowest BCUT2D eigenvalue weighted by atomic mass is 10.0. The standard InChI is InChI=1S/C17H19NO2/c1-3-20-14-6-4-12(5-7-14)17-11-13-10-15(19-2)8-9-16(13)18-17/h4-10,17-18H,3,11H2,1-2H3. The molecular weight excluding hydrogens is 250 g/mol. The van der Waals surface area contributed by atoms with Gasteiger partial charge in [0.2, 0.25) is 0 Å². The summed E-state index contributed by atoms with van der Waals surface area (Å²) < 4.78 is 10.8. The van der Waals surface area contributed by atoms with Gasteiger partial charge in [-0.05, 0) is 54.8 Å². The molecule has 20 heavy (non-hydrogen) atoms. The quantitative estimate of drug-likeness (QED) is 0.915. The van der Waals surface area contributed by atoms with Gasteiger partial charge in [-0.15, -0.1) is 0 Å². The highest BCUT2D eigenvalue weighted by molar-refractivity contribution is 5.60. The van der Waals surface area contributed by atoms with Crippen LogP contribution in [0.5, 0.6) is 11.5 Å². The Hall–Kier alpha value is -2.16. The van der Waals surface area contributed by atoms with Crippen molar-refractivity contribution in [2.24, 2.45) is 0 Å². The molecule has 0 fully saturated rings. The van der Waals surface area contributed by atoms with Crippen molar-refractivity contribution in [1.82, 2.24) is 0 Å². The Kier molecular flexibility index (Phi) is 3.50. The fourth-order valence-corrected chi connectivity index (χ4v) is 2.63. The molecule has 3 heteroatoms. The van der Waals surface area contributed by atoms with Gasteiger partial charge in [0.05, 0.1) is 19.8 Å². The lowest BCUT2D eigenvalue weighted by molar-refractivity contribution is 0.340. The summed E-state index contributed by atoms with van der Waals surface area (Å²) in [5.41, 5.74) is 3.79. The van der Waals surface area contributed by atoms with Crippen molar-refractivity contribution >= 4 is 5.69 Å². The molecule has 0 saturated heterocycles. The van der Waals surface area contributed by atoms with Crippen LogP contribution in [0.1, 0.15) is 24.1 Å². The molecule has 3 rings (SSSR count). The first kappa shape index (κ1) is 12.9. The molecular formula is C17H19NO2. The first-order chi connectivity index (χ1) is 9.80. The van der Waals surface area contributed by atoms with Gasteiger partial charge >= 0.3 is 0 Å². The van der Waals surface area contributed by atoms with Gasteiger partial charge in [-0.1, -0.05) is 12.1 Å². The minimum Gasteiger partial charge on any atom is -0.497 e. The summed E-state index contributed by atoms with van der Waals surface area (Å²) in [6.07, 6.45) is 0.987. The average molecular weight is 269 g/mol. The highest BCUT2D eigenvalue weighted by Gasteiger charge is 2.22. The number of hydrogen-bond acceptors (Lipinski definition) is 3. The van der Waals surface area contributed by atoms with Crippen LogP contribution < -0.4 is 14.8 Å². The van der Waals surface area contributed by atoms with E-state index >= 15 is 0 Å². The van der Waals surface area contributed by atoms with Crippen molar-refractivity contribution in [1.29, 1.82) is 0 Å². The van der Waals surface area contributed by atoms with Crippen LogP contribution in [0.2, 0.25) is 0 Å². The summed E-state index contributed by atoms with van der Waals surface area (Å²) in [4.78, 5) is 0. The van der Waals surface area contributed by atoms with Crippen LogP contribution in [0, 0.1) is 0 Å². The van der Waals surface area contributed by atoms with Crippen LogP contribution in [0.3, 0.4) is 0 Å². The second kappa shape index (κ2) is 5.45. The van der Waals surface area contributed by atoms with Crippen molar-refractivity contribution in [2.45, 2.75) is 19.4 Å². The summed E-state index contributed by atoms with van der Waals surface area (Å²) >= 11 is 0. The van der Waals surface area contributed by atoms with Crippen molar-refractivity contribution in [2.75, 3.05) is 19.0 Å². The molecule has 1 aliphatic heterocycles. The molecule has 1 aliphatic rings. The molecule has 0 saturated carbocycles. The Morgan fingerprint density at radius 3 is 2.55 bits per heavy atom. The number of anilines is 1. The summed E-state index contributed by atoms with van der Waals surface area (Å²) in [6, 6.07) is 14.8. The molecule has 2 aromatic rings. The van der Waals surface area contributed by atoms with E-state index < -0.39 is 0 Å². The summed E-state index contributed by atoms with van der Waals surface area (Å²) in [5.74, 6) is 1.84. The summed E-state index contributed by atoms with van der Waals surface area (Å²) in [6.45, 7) is 2.70. The van der Waals surface area contributed by atoms with Gasteiger partial charge in [0.1, 0.15) is 11.5 Å². The second-order valence-corrected chi connectivity index (χ2v) is 4.93. The maximum atomic E-state index is 5.48. The van der Waals surface area contributed by atoms with Gasteiger partial charge in [-0.2, -0.15) is 0 Å². The monoisotopic (exact) mass is 269 g/mol. The average Bonchev–Trinajstić information content (AvgIpc) is 2.91. The predicted octanol–water partition coefficient (Wildman–Crippen LogP) is 3.80. The maximum Gasteiger partial charge on any atom is 0.119 e. The van der Waals surface area contributed by atoms with E-state index in [1.807, 2.05) is 25.1 Å². The molecule has 0 aromatic heterocycles. The van der Waals surface area contributed by atoms with Crippen LogP contribution in [0.15, 0.2) is 42.5 Å². The molecule has 1 heterocycles. The van der Waals surface area contributed by atoms with Crippen LogP contribution in [-0.4, -0.2) is 13.7 Å². The number of benzene rings is 2. The third-order valence-electron chi connectivity index (χ3n) is 3.66. The van der Waals surface area contributed by atoms with Gasteiger partial charge in [0.25, 0.3) is 0 Å². The molecule has 2 aromatic carbocycles. The molecule has 0 amide bonds. The Balaban J connectivity index is 1.77. The minimum atomic E-state index is 0.327. The number of nitrogens with one attached hydrogen (secondary N) is 1. The maximum absolute atomic E-state index is 5.48. The Morgan fingerprint density at radius 1 is 1.10 bits per heavy atom. The van der Waals surface area contributed by atoms with E-state index in [-0.39, 0.29) is 0 Å². The van der Waals surface area contributed by atoms with Crippen molar-refractivity contribution < 1.29 is 9.47 Å². The normalized spacial score (nSPS) is 16.4. The first-order valence-corrected chi connectivity index (χ1v) is 6.96. The highest BCUT2D eigenvalue weighted by Crippen LogP contribution is 2.36. The summed E-state index contributed by atoms with van der Waals surface area (Å²) in [5, 5.41) is 3.56. The van der Waals surface area contributed by atoms with Crippen LogP contribution in [-0.2, 0) is 6.42 Å². The summed E-state index contributed by atoms with van der Waals surface area (Å²) in [7, 11) is 1.70. The largest absolute Gasteiger partial charge is 0.497 e. The van der Waals surface area contributed by atoms with E-state index in [0.717, 1.165) is 17.9 Å². The fraction of sp³-hybridized carbons (Fsp3) is 0.294. The fourth-order valence-electron chi connectivity index (χ4n) is 2.63. The molecule has 104 valence electrons. The van der Waals surface area contributed by atoms with E-state index in [0.29, 0.717) is 12.6 Å². The molecule has 3 nitrogen and oxygen atoms in total. The smallest absolute Gasteiger partial charge is 0.119 e. The van der Waals surface area contributed by atoms with E-state index in [1.165, 1.54) is 16.8 Å². The van der Waals surface area contributed by atoms with Gasteiger partial charge in [-0.3, -0.25) is 0 Å².